The van der Waals surface area contributed by atoms with Crippen molar-refractivity contribution < 1.29 is 0 Å². The molecule has 2 aromatic rings. The van der Waals surface area contributed by atoms with Crippen molar-refractivity contribution in [2.75, 3.05) is 5.32 Å². The first kappa shape index (κ1) is 12.6. The molecular formula is C17H18ClN. The van der Waals surface area contributed by atoms with E-state index in [0.717, 1.165) is 17.1 Å². The molecule has 1 atom stereocenters. The van der Waals surface area contributed by atoms with Crippen LogP contribution in [0.2, 0.25) is 5.02 Å². The first-order valence-electron chi connectivity index (χ1n) is 6.66. The predicted octanol–water partition coefficient (Wildman–Crippen LogP) is 5.08. The van der Waals surface area contributed by atoms with E-state index in [-0.39, 0.29) is 5.41 Å². The van der Waals surface area contributed by atoms with Gasteiger partial charge in [-0.3, -0.25) is 0 Å². The highest BCUT2D eigenvalue weighted by Gasteiger charge is 2.38. The molecule has 0 saturated heterocycles. The molecule has 1 aliphatic carbocycles. The molecule has 3 rings (SSSR count). The number of hydrogen-bond donors (Lipinski definition) is 1. The van der Waals surface area contributed by atoms with Crippen molar-refractivity contribution in [1.29, 1.82) is 0 Å². The molecule has 1 nitrogen and oxygen atoms in total. The Bertz CT molecular complexity index is 586. The van der Waals surface area contributed by atoms with Crippen LogP contribution in [-0.2, 0) is 6.42 Å². The van der Waals surface area contributed by atoms with Gasteiger partial charge in [0.1, 0.15) is 0 Å². The number of rotatable bonds is 2. The van der Waals surface area contributed by atoms with Gasteiger partial charge in [0.05, 0.1) is 6.04 Å². The average molecular weight is 272 g/mol. The van der Waals surface area contributed by atoms with E-state index in [0.29, 0.717) is 6.04 Å². The van der Waals surface area contributed by atoms with Gasteiger partial charge in [0.2, 0.25) is 0 Å². The number of benzene rings is 2. The van der Waals surface area contributed by atoms with Gasteiger partial charge in [-0.1, -0.05) is 49.7 Å². The number of nitrogens with one attached hydrogen (secondary N) is 1. The van der Waals surface area contributed by atoms with Gasteiger partial charge >= 0.3 is 0 Å². The van der Waals surface area contributed by atoms with Crippen LogP contribution in [0.25, 0.3) is 0 Å². The van der Waals surface area contributed by atoms with Crippen LogP contribution in [0.3, 0.4) is 0 Å². The normalized spacial score (nSPS) is 20.1. The van der Waals surface area contributed by atoms with Crippen LogP contribution in [0.5, 0.6) is 0 Å². The summed E-state index contributed by atoms with van der Waals surface area (Å²) in [5.41, 5.74) is 4.23. The maximum Gasteiger partial charge on any atom is 0.0570 e. The molecule has 0 radical (unpaired) electrons. The highest BCUT2D eigenvalue weighted by atomic mass is 35.5. The summed E-state index contributed by atoms with van der Waals surface area (Å²) in [5, 5.41) is 4.43. The summed E-state index contributed by atoms with van der Waals surface area (Å²) in [6.07, 6.45) is 1.12. The van der Waals surface area contributed by atoms with Gasteiger partial charge in [0.15, 0.2) is 0 Å². The van der Waals surface area contributed by atoms with Crippen molar-refractivity contribution in [2.24, 2.45) is 5.41 Å². The fourth-order valence-corrected chi connectivity index (χ4v) is 3.10. The van der Waals surface area contributed by atoms with Gasteiger partial charge in [-0.25, -0.2) is 0 Å². The molecule has 0 fully saturated rings. The molecule has 0 bridgehead atoms. The third-order valence-electron chi connectivity index (χ3n) is 3.95. The van der Waals surface area contributed by atoms with Crippen LogP contribution in [-0.4, -0.2) is 0 Å². The SMILES string of the molecule is CC1(C)Cc2ccccc2C1Nc1ccc(Cl)cc1. The molecule has 2 heteroatoms. The largest absolute Gasteiger partial charge is 0.378 e. The monoisotopic (exact) mass is 271 g/mol. The standard InChI is InChI=1S/C17H18ClN/c1-17(2)11-12-5-3-4-6-15(12)16(17)19-14-9-7-13(18)8-10-14/h3-10,16,19H,11H2,1-2H3. The number of anilines is 1. The van der Waals surface area contributed by atoms with Crippen LogP contribution in [0.4, 0.5) is 5.69 Å². The van der Waals surface area contributed by atoms with Crippen molar-refractivity contribution >= 4 is 17.3 Å². The number of hydrogen-bond acceptors (Lipinski definition) is 1. The minimum atomic E-state index is 0.226. The number of fused-ring (bicyclic) bond motifs is 1. The lowest BCUT2D eigenvalue weighted by atomic mass is 9.85. The summed E-state index contributed by atoms with van der Waals surface area (Å²) in [6, 6.07) is 17.0. The second-order valence-electron chi connectivity index (χ2n) is 5.95. The van der Waals surface area contributed by atoms with E-state index in [4.69, 9.17) is 11.6 Å². The molecule has 0 heterocycles. The predicted molar refractivity (Wildman–Crippen MR) is 81.7 cm³/mol. The van der Waals surface area contributed by atoms with E-state index in [1.165, 1.54) is 11.1 Å². The molecule has 0 saturated carbocycles. The van der Waals surface area contributed by atoms with E-state index in [1.54, 1.807) is 0 Å². The lowest BCUT2D eigenvalue weighted by Gasteiger charge is -2.29. The quantitative estimate of drug-likeness (QED) is 0.804. The van der Waals surface area contributed by atoms with E-state index in [1.807, 2.05) is 24.3 Å². The van der Waals surface area contributed by atoms with Crippen LogP contribution < -0.4 is 5.32 Å². The lowest BCUT2D eigenvalue weighted by Crippen LogP contribution is -2.24. The van der Waals surface area contributed by atoms with Gasteiger partial charge in [-0.2, -0.15) is 0 Å². The molecule has 0 spiro atoms. The molecule has 2 aromatic carbocycles. The maximum atomic E-state index is 5.94. The summed E-state index contributed by atoms with van der Waals surface area (Å²) in [7, 11) is 0. The van der Waals surface area contributed by atoms with Gasteiger partial charge in [0, 0.05) is 10.7 Å². The average Bonchev–Trinajstić information content (AvgIpc) is 2.63. The van der Waals surface area contributed by atoms with Crippen molar-refractivity contribution in [3.63, 3.8) is 0 Å². The van der Waals surface area contributed by atoms with Gasteiger partial charge in [0.25, 0.3) is 0 Å². The molecule has 1 N–H and O–H groups in total. The Labute approximate surface area is 119 Å². The molecule has 1 aliphatic rings. The third-order valence-corrected chi connectivity index (χ3v) is 4.20. The summed E-state index contributed by atoms with van der Waals surface area (Å²) in [5.74, 6) is 0. The van der Waals surface area contributed by atoms with E-state index in [2.05, 4.69) is 43.4 Å². The molecule has 0 amide bonds. The van der Waals surface area contributed by atoms with Crippen molar-refractivity contribution in [3.05, 3.63) is 64.7 Å². The fraction of sp³-hybridized carbons (Fsp3) is 0.294. The van der Waals surface area contributed by atoms with E-state index >= 15 is 0 Å². The Morgan fingerprint density at radius 2 is 1.74 bits per heavy atom. The third kappa shape index (κ3) is 2.35. The van der Waals surface area contributed by atoms with Crippen LogP contribution >= 0.6 is 11.6 Å². The zero-order chi connectivity index (χ0) is 13.5. The van der Waals surface area contributed by atoms with Crippen LogP contribution in [0.15, 0.2) is 48.5 Å². The van der Waals surface area contributed by atoms with Crippen LogP contribution in [0.1, 0.15) is 31.0 Å². The van der Waals surface area contributed by atoms with E-state index in [9.17, 15) is 0 Å². The highest BCUT2D eigenvalue weighted by molar-refractivity contribution is 6.30. The summed E-state index contributed by atoms with van der Waals surface area (Å²) in [6.45, 7) is 4.64. The van der Waals surface area contributed by atoms with E-state index < -0.39 is 0 Å². The molecule has 0 aliphatic heterocycles. The number of halogens is 1. The zero-order valence-corrected chi connectivity index (χ0v) is 12.0. The minimum Gasteiger partial charge on any atom is -0.378 e. The lowest BCUT2D eigenvalue weighted by molar-refractivity contribution is 0.337. The molecule has 0 aromatic heterocycles. The van der Waals surface area contributed by atoms with Crippen molar-refractivity contribution in [3.8, 4) is 0 Å². The smallest absolute Gasteiger partial charge is 0.0570 e. The summed E-state index contributed by atoms with van der Waals surface area (Å²) >= 11 is 5.94. The second-order valence-corrected chi connectivity index (χ2v) is 6.38. The Morgan fingerprint density at radius 1 is 1.05 bits per heavy atom. The molecule has 1 unspecified atom stereocenters. The van der Waals surface area contributed by atoms with Crippen molar-refractivity contribution in [1.82, 2.24) is 0 Å². The Morgan fingerprint density at radius 3 is 2.47 bits per heavy atom. The summed E-state index contributed by atoms with van der Waals surface area (Å²) < 4.78 is 0. The first-order chi connectivity index (χ1) is 9.06. The topological polar surface area (TPSA) is 12.0 Å². The highest BCUT2D eigenvalue weighted by Crippen LogP contribution is 2.46. The Hall–Kier alpha value is -1.47. The molecule has 19 heavy (non-hydrogen) atoms. The van der Waals surface area contributed by atoms with Gasteiger partial charge < -0.3 is 5.32 Å². The first-order valence-corrected chi connectivity index (χ1v) is 7.04. The van der Waals surface area contributed by atoms with Gasteiger partial charge in [-0.05, 0) is 47.2 Å². The Kier molecular flexibility index (Phi) is 3.02. The van der Waals surface area contributed by atoms with Crippen molar-refractivity contribution in [2.45, 2.75) is 26.3 Å². The zero-order valence-electron chi connectivity index (χ0n) is 11.3. The van der Waals surface area contributed by atoms with Gasteiger partial charge in [-0.15, -0.1) is 0 Å². The van der Waals surface area contributed by atoms with Crippen LogP contribution in [0, 0.1) is 5.41 Å². The maximum absolute atomic E-state index is 5.94. The molecular weight excluding hydrogens is 254 g/mol. The second kappa shape index (κ2) is 4.57. The summed E-state index contributed by atoms with van der Waals surface area (Å²) in [4.78, 5) is 0. The molecule has 98 valence electrons. The fourth-order valence-electron chi connectivity index (χ4n) is 2.98. The Balaban J connectivity index is 1.93. The minimum absolute atomic E-state index is 0.226.